The van der Waals surface area contributed by atoms with Gasteiger partial charge in [0, 0.05) is 18.7 Å². The maximum absolute atomic E-state index is 13.1. The Bertz CT molecular complexity index is 1110. The molecule has 0 spiro atoms. The summed E-state index contributed by atoms with van der Waals surface area (Å²) in [4.78, 5) is 0.234. The van der Waals surface area contributed by atoms with E-state index in [4.69, 9.17) is 9.15 Å². The van der Waals surface area contributed by atoms with Gasteiger partial charge >= 0.3 is 0 Å². The van der Waals surface area contributed by atoms with Gasteiger partial charge in [-0.15, -0.1) is 10.2 Å². The number of ether oxygens (including phenoxy) is 1. The molecule has 0 radical (unpaired) electrons. The van der Waals surface area contributed by atoms with Crippen LogP contribution in [0.4, 0.5) is 0 Å². The van der Waals surface area contributed by atoms with Crippen molar-refractivity contribution in [2.24, 2.45) is 0 Å². The molecule has 9 nitrogen and oxygen atoms in total. The highest BCUT2D eigenvalue weighted by atomic mass is 32.2. The Morgan fingerprint density at radius 2 is 1.72 bits per heavy atom. The first kappa shape index (κ1) is 19.7. The lowest BCUT2D eigenvalue weighted by Gasteiger charge is -2.26. The number of rotatable bonds is 5. The van der Waals surface area contributed by atoms with E-state index in [1.165, 1.54) is 4.31 Å². The zero-order valence-electron chi connectivity index (χ0n) is 16.6. The zero-order chi connectivity index (χ0) is 20.6. The number of aromatic nitrogens is 4. The van der Waals surface area contributed by atoms with Crippen LogP contribution in [0.15, 0.2) is 33.6 Å². The second-order valence-electron chi connectivity index (χ2n) is 7.04. The number of aryl methyl sites for hydroxylation is 2. The number of sulfonamides is 1. The van der Waals surface area contributed by atoms with Gasteiger partial charge in [0.15, 0.2) is 0 Å². The van der Waals surface area contributed by atoms with Crippen LogP contribution in [0.5, 0.6) is 0 Å². The summed E-state index contributed by atoms with van der Waals surface area (Å²) >= 11 is 0. The van der Waals surface area contributed by atoms with E-state index < -0.39 is 10.0 Å². The molecule has 0 saturated carbocycles. The molecular formula is C19H23N5O4S. The van der Waals surface area contributed by atoms with Crippen LogP contribution in [-0.2, 0) is 21.3 Å². The fourth-order valence-electron chi connectivity index (χ4n) is 3.38. The minimum Gasteiger partial charge on any atom is -0.419 e. The fraction of sp³-hybridized carbons (Fsp3) is 0.421. The monoisotopic (exact) mass is 417 g/mol. The number of benzene rings is 1. The number of hydrogen-bond donors (Lipinski definition) is 0. The summed E-state index contributed by atoms with van der Waals surface area (Å²) in [7, 11) is -3.63. The van der Waals surface area contributed by atoms with Gasteiger partial charge < -0.3 is 9.15 Å². The Labute approximate surface area is 169 Å². The Morgan fingerprint density at radius 1 is 1.03 bits per heavy atom. The Morgan fingerprint density at radius 3 is 2.41 bits per heavy atom. The lowest BCUT2D eigenvalue weighted by atomic mass is 10.1. The van der Waals surface area contributed by atoms with Gasteiger partial charge in [-0.2, -0.15) is 9.40 Å². The highest BCUT2D eigenvalue weighted by molar-refractivity contribution is 7.89. The van der Waals surface area contributed by atoms with Crippen molar-refractivity contribution in [3.8, 4) is 11.5 Å². The standard InChI is InChI=1S/C19H23N5O4S/c1-13-4-6-16(7-5-13)19-21-20-17(28-19)12-24-15(3)18(14(2)22-24)29(25,26)23-8-10-27-11-9-23/h4-7H,8-12H2,1-3H3. The summed E-state index contributed by atoms with van der Waals surface area (Å²) in [6.07, 6.45) is 0. The van der Waals surface area contributed by atoms with E-state index >= 15 is 0 Å². The molecule has 0 atom stereocenters. The maximum Gasteiger partial charge on any atom is 0.247 e. The van der Waals surface area contributed by atoms with Crippen molar-refractivity contribution in [1.29, 1.82) is 0 Å². The van der Waals surface area contributed by atoms with E-state index in [9.17, 15) is 8.42 Å². The molecule has 0 N–H and O–H groups in total. The molecule has 10 heteroatoms. The third kappa shape index (κ3) is 3.83. The van der Waals surface area contributed by atoms with Crippen LogP contribution < -0.4 is 0 Å². The molecule has 3 aromatic rings. The minimum absolute atomic E-state index is 0.199. The molecule has 2 aromatic heterocycles. The van der Waals surface area contributed by atoms with Crippen LogP contribution in [0, 0.1) is 20.8 Å². The first-order valence-corrected chi connectivity index (χ1v) is 10.8. The second kappa shape index (κ2) is 7.69. The molecule has 1 aromatic carbocycles. The van der Waals surface area contributed by atoms with E-state index in [2.05, 4.69) is 15.3 Å². The van der Waals surface area contributed by atoms with E-state index in [0.717, 1.165) is 11.1 Å². The first-order valence-electron chi connectivity index (χ1n) is 9.37. The predicted molar refractivity (Wildman–Crippen MR) is 105 cm³/mol. The normalized spacial score (nSPS) is 15.7. The highest BCUT2D eigenvalue weighted by Gasteiger charge is 2.32. The van der Waals surface area contributed by atoms with Gasteiger partial charge in [-0.25, -0.2) is 8.42 Å². The lowest BCUT2D eigenvalue weighted by molar-refractivity contribution is 0.0730. The molecule has 3 heterocycles. The molecule has 1 saturated heterocycles. The van der Waals surface area contributed by atoms with E-state index in [-0.39, 0.29) is 11.4 Å². The molecule has 1 fully saturated rings. The summed E-state index contributed by atoms with van der Waals surface area (Å²) in [5.41, 5.74) is 2.97. The van der Waals surface area contributed by atoms with Gasteiger partial charge in [0.2, 0.25) is 21.8 Å². The van der Waals surface area contributed by atoms with Crippen molar-refractivity contribution in [3.63, 3.8) is 0 Å². The summed E-state index contributed by atoms with van der Waals surface area (Å²) in [6.45, 7) is 7.13. The molecule has 4 rings (SSSR count). The third-order valence-corrected chi connectivity index (χ3v) is 7.09. The Balaban J connectivity index is 1.59. The van der Waals surface area contributed by atoms with Crippen LogP contribution >= 0.6 is 0 Å². The van der Waals surface area contributed by atoms with Crippen molar-refractivity contribution >= 4 is 10.0 Å². The number of morpholine rings is 1. The summed E-state index contributed by atoms with van der Waals surface area (Å²) < 4.78 is 40.2. The van der Waals surface area contributed by atoms with Crippen molar-refractivity contribution in [1.82, 2.24) is 24.3 Å². The van der Waals surface area contributed by atoms with Crippen LogP contribution in [0.1, 0.15) is 22.8 Å². The van der Waals surface area contributed by atoms with Crippen molar-refractivity contribution in [2.75, 3.05) is 26.3 Å². The molecule has 154 valence electrons. The van der Waals surface area contributed by atoms with Gasteiger partial charge in [-0.1, -0.05) is 17.7 Å². The number of hydrogen-bond acceptors (Lipinski definition) is 7. The topological polar surface area (TPSA) is 103 Å². The van der Waals surface area contributed by atoms with Gasteiger partial charge in [-0.3, -0.25) is 4.68 Å². The molecule has 0 bridgehead atoms. The first-order chi connectivity index (χ1) is 13.9. The summed E-state index contributed by atoms with van der Waals surface area (Å²) in [5, 5.41) is 12.6. The largest absolute Gasteiger partial charge is 0.419 e. The maximum atomic E-state index is 13.1. The number of nitrogens with zero attached hydrogens (tertiary/aromatic N) is 5. The van der Waals surface area contributed by atoms with Gasteiger partial charge in [-0.05, 0) is 32.9 Å². The molecular weight excluding hydrogens is 394 g/mol. The minimum atomic E-state index is -3.63. The van der Waals surface area contributed by atoms with Crippen LogP contribution in [-0.4, -0.2) is 59.0 Å². The smallest absolute Gasteiger partial charge is 0.247 e. The van der Waals surface area contributed by atoms with Crippen molar-refractivity contribution in [2.45, 2.75) is 32.2 Å². The van der Waals surface area contributed by atoms with Crippen molar-refractivity contribution in [3.05, 3.63) is 47.1 Å². The van der Waals surface area contributed by atoms with Crippen LogP contribution in [0.25, 0.3) is 11.5 Å². The molecule has 1 aliphatic rings. The van der Waals surface area contributed by atoms with E-state index in [1.807, 2.05) is 31.2 Å². The zero-order valence-corrected chi connectivity index (χ0v) is 17.4. The molecule has 0 aliphatic carbocycles. The summed E-state index contributed by atoms with van der Waals surface area (Å²) in [5.74, 6) is 0.782. The summed E-state index contributed by atoms with van der Waals surface area (Å²) in [6, 6.07) is 7.79. The van der Waals surface area contributed by atoms with Gasteiger partial charge in [0.1, 0.15) is 11.4 Å². The second-order valence-corrected chi connectivity index (χ2v) is 8.92. The Kier molecular flexibility index (Phi) is 5.24. The molecule has 1 aliphatic heterocycles. The van der Waals surface area contributed by atoms with Crippen LogP contribution in [0.2, 0.25) is 0 Å². The van der Waals surface area contributed by atoms with Crippen LogP contribution in [0.3, 0.4) is 0 Å². The molecule has 0 amide bonds. The average molecular weight is 417 g/mol. The molecule has 29 heavy (non-hydrogen) atoms. The third-order valence-electron chi connectivity index (χ3n) is 4.93. The van der Waals surface area contributed by atoms with Gasteiger partial charge in [0.25, 0.3) is 0 Å². The molecule has 0 unspecified atom stereocenters. The highest BCUT2D eigenvalue weighted by Crippen LogP contribution is 2.25. The predicted octanol–water partition coefficient (Wildman–Crippen LogP) is 1.93. The van der Waals surface area contributed by atoms with E-state index in [0.29, 0.717) is 49.5 Å². The average Bonchev–Trinajstić information content (AvgIpc) is 3.28. The quantitative estimate of drug-likeness (QED) is 0.625. The fourth-order valence-corrected chi connectivity index (χ4v) is 5.16. The van der Waals surface area contributed by atoms with E-state index in [1.54, 1.807) is 18.5 Å². The van der Waals surface area contributed by atoms with Gasteiger partial charge in [0.05, 0.1) is 24.6 Å². The Hall–Kier alpha value is -2.56. The SMILES string of the molecule is Cc1ccc(-c2nnc(Cn3nc(C)c(S(=O)(=O)N4CCOCC4)c3C)o2)cc1. The lowest BCUT2D eigenvalue weighted by Crippen LogP contribution is -2.41. The van der Waals surface area contributed by atoms with Crippen molar-refractivity contribution < 1.29 is 17.6 Å².